The summed E-state index contributed by atoms with van der Waals surface area (Å²) in [7, 11) is 10.9. The fourth-order valence-corrected chi connectivity index (χ4v) is 0.706. The van der Waals surface area contributed by atoms with Crippen molar-refractivity contribution < 1.29 is 10.2 Å². The van der Waals surface area contributed by atoms with E-state index in [4.69, 9.17) is 25.9 Å². The Morgan fingerprint density at radius 2 is 1.73 bits per heavy atom. The predicted octanol–water partition coefficient (Wildman–Crippen LogP) is 0.331. The third kappa shape index (κ3) is 3.30. The van der Waals surface area contributed by atoms with Crippen LogP contribution in [0, 0.1) is 0 Å². The van der Waals surface area contributed by atoms with Crippen molar-refractivity contribution in [3.05, 3.63) is 0 Å². The summed E-state index contributed by atoms with van der Waals surface area (Å²) in [5, 5.41) is 16.8. The van der Waals surface area contributed by atoms with E-state index in [2.05, 4.69) is 0 Å². The van der Waals surface area contributed by atoms with Crippen molar-refractivity contribution >= 4 is 15.7 Å². The second-order valence-electron chi connectivity index (χ2n) is 3.16. The molecule has 0 saturated carbocycles. The second-order valence-corrected chi connectivity index (χ2v) is 3.16. The minimum absolute atomic E-state index is 0.410. The van der Waals surface area contributed by atoms with Crippen LogP contribution in [-0.2, 0) is 0 Å². The van der Waals surface area contributed by atoms with Gasteiger partial charge in [-0.25, -0.2) is 0 Å². The monoisotopic (exact) mass is 152 g/mol. The summed E-state index contributed by atoms with van der Waals surface area (Å²) < 4.78 is 0. The van der Waals surface area contributed by atoms with E-state index in [0.29, 0.717) is 6.42 Å². The van der Waals surface area contributed by atoms with Crippen LogP contribution in [0.3, 0.4) is 0 Å². The van der Waals surface area contributed by atoms with Crippen molar-refractivity contribution in [3.63, 3.8) is 0 Å². The molecule has 0 bridgehead atoms. The summed E-state index contributed by atoms with van der Waals surface area (Å²) >= 11 is 0. The van der Waals surface area contributed by atoms with Crippen LogP contribution >= 0.6 is 0 Å². The van der Waals surface area contributed by atoms with Crippen LogP contribution < -0.4 is 0 Å². The molecule has 0 aromatic carbocycles. The number of hydrogen-bond acceptors (Lipinski definition) is 2. The molecular formula is C7H14B2O2. The highest BCUT2D eigenvalue weighted by Gasteiger charge is 2.35. The average Bonchev–Trinajstić information content (AvgIpc) is 1.81. The van der Waals surface area contributed by atoms with Crippen LogP contribution in [0.25, 0.3) is 0 Å². The van der Waals surface area contributed by atoms with E-state index < -0.39 is 11.0 Å². The van der Waals surface area contributed by atoms with Gasteiger partial charge in [0.1, 0.15) is 5.79 Å². The first-order valence-corrected chi connectivity index (χ1v) is 3.84. The molecule has 0 rings (SSSR count). The molecule has 0 atom stereocenters. The van der Waals surface area contributed by atoms with Crippen LogP contribution in [0.4, 0.5) is 0 Å². The fourth-order valence-electron chi connectivity index (χ4n) is 0.706. The lowest BCUT2D eigenvalue weighted by Crippen LogP contribution is -2.41. The first-order valence-electron chi connectivity index (χ1n) is 3.84. The van der Waals surface area contributed by atoms with Crippen molar-refractivity contribution in [3.8, 4) is 0 Å². The van der Waals surface area contributed by atoms with Crippen molar-refractivity contribution in [2.24, 2.45) is 0 Å². The van der Waals surface area contributed by atoms with E-state index in [1.54, 1.807) is 0 Å². The van der Waals surface area contributed by atoms with E-state index in [1.807, 2.05) is 6.92 Å². The molecule has 0 unspecified atom stereocenters. The van der Waals surface area contributed by atoms with E-state index in [0.717, 1.165) is 12.8 Å². The summed E-state index contributed by atoms with van der Waals surface area (Å²) in [6, 6.07) is 0. The lowest BCUT2D eigenvalue weighted by Gasteiger charge is -2.36. The number of rotatable bonds is 4. The zero-order valence-electron chi connectivity index (χ0n) is 7.17. The molecule has 0 aromatic rings. The van der Waals surface area contributed by atoms with Gasteiger partial charge in [-0.15, -0.1) is 0 Å². The van der Waals surface area contributed by atoms with Crippen LogP contribution in [0.2, 0.25) is 5.21 Å². The lowest BCUT2D eigenvalue weighted by atomic mass is 9.48. The maximum absolute atomic E-state index is 9.08. The molecule has 11 heavy (non-hydrogen) atoms. The zero-order chi connectivity index (χ0) is 9.12. The molecule has 0 spiro atoms. The van der Waals surface area contributed by atoms with Crippen LogP contribution in [-0.4, -0.2) is 31.7 Å². The summed E-state index contributed by atoms with van der Waals surface area (Å²) in [4.78, 5) is 0. The molecule has 0 saturated heterocycles. The maximum atomic E-state index is 9.08. The Kier molecular flexibility index (Phi) is 3.65. The van der Waals surface area contributed by atoms with Gasteiger partial charge in [0.2, 0.25) is 0 Å². The molecule has 0 aliphatic heterocycles. The second kappa shape index (κ2) is 3.63. The van der Waals surface area contributed by atoms with Crippen molar-refractivity contribution in [1.29, 1.82) is 0 Å². The molecule has 0 aliphatic carbocycles. The van der Waals surface area contributed by atoms with Gasteiger partial charge < -0.3 is 10.2 Å². The molecule has 4 heteroatoms. The van der Waals surface area contributed by atoms with Gasteiger partial charge in [-0.05, 0) is 12.1 Å². The van der Waals surface area contributed by atoms with Gasteiger partial charge in [0.05, 0.1) is 15.7 Å². The summed E-state index contributed by atoms with van der Waals surface area (Å²) in [6.45, 7) is 3.19. The van der Waals surface area contributed by atoms with Gasteiger partial charge >= 0.3 is 0 Å². The van der Waals surface area contributed by atoms with E-state index >= 15 is 0 Å². The van der Waals surface area contributed by atoms with Crippen molar-refractivity contribution in [1.82, 2.24) is 0 Å². The molecular weight excluding hydrogens is 138 g/mol. The summed E-state index contributed by atoms with van der Waals surface area (Å²) in [5.74, 6) is -2.00. The predicted molar refractivity (Wildman–Crippen MR) is 46.6 cm³/mol. The number of hydrogen-bond donors (Lipinski definition) is 2. The van der Waals surface area contributed by atoms with Crippen LogP contribution in [0.1, 0.15) is 33.1 Å². The summed E-state index contributed by atoms with van der Waals surface area (Å²) in [5.41, 5.74) is 0. The minimum Gasteiger partial charge on any atom is -0.367 e. The quantitative estimate of drug-likeness (QED) is 0.450. The molecule has 4 radical (unpaired) electrons. The molecule has 2 N–H and O–H groups in total. The van der Waals surface area contributed by atoms with Gasteiger partial charge in [-0.1, -0.05) is 26.2 Å². The third-order valence-corrected chi connectivity index (χ3v) is 1.83. The maximum Gasteiger partial charge on any atom is 0.149 e. The highest BCUT2D eigenvalue weighted by molar-refractivity contribution is 6.40. The van der Waals surface area contributed by atoms with Gasteiger partial charge in [0, 0.05) is 0 Å². The molecule has 60 valence electrons. The van der Waals surface area contributed by atoms with Gasteiger partial charge in [0.15, 0.2) is 0 Å². The van der Waals surface area contributed by atoms with Gasteiger partial charge in [0.25, 0.3) is 0 Å². The SMILES string of the molecule is [B]C([B])(CCCC)C(C)(O)O. The van der Waals surface area contributed by atoms with Crippen LogP contribution in [0.5, 0.6) is 0 Å². The standard InChI is InChI=1S/C7H14B2O2/c1-3-4-5-7(8,9)6(2,10)11/h10-11H,3-5H2,1-2H3. The van der Waals surface area contributed by atoms with E-state index in [1.165, 1.54) is 6.92 Å². The molecule has 0 fully saturated rings. The molecule has 2 nitrogen and oxygen atoms in total. The summed E-state index contributed by atoms with van der Waals surface area (Å²) in [6.07, 6.45) is 2.14. The molecule has 0 amide bonds. The lowest BCUT2D eigenvalue weighted by molar-refractivity contribution is -0.159. The average molecular weight is 152 g/mol. The molecule has 0 aliphatic rings. The largest absolute Gasteiger partial charge is 0.367 e. The Bertz CT molecular complexity index is 118. The Morgan fingerprint density at radius 1 is 1.27 bits per heavy atom. The Balaban J connectivity index is 4.00. The van der Waals surface area contributed by atoms with Gasteiger partial charge in [-0.3, -0.25) is 0 Å². The Labute approximate surface area is 70.8 Å². The fraction of sp³-hybridized carbons (Fsp3) is 1.00. The van der Waals surface area contributed by atoms with Gasteiger partial charge in [-0.2, -0.15) is 0 Å². The highest BCUT2D eigenvalue weighted by atomic mass is 16.5. The Morgan fingerprint density at radius 3 is 2.00 bits per heavy atom. The minimum atomic E-state index is -2.00. The van der Waals surface area contributed by atoms with Crippen LogP contribution in [0.15, 0.2) is 0 Å². The third-order valence-electron chi connectivity index (χ3n) is 1.83. The smallest absolute Gasteiger partial charge is 0.149 e. The molecule has 0 aromatic heterocycles. The first kappa shape index (κ1) is 11.0. The first-order chi connectivity index (χ1) is 4.81. The van der Waals surface area contributed by atoms with Crippen molar-refractivity contribution in [2.45, 2.75) is 44.1 Å². The number of unbranched alkanes of at least 4 members (excludes halogenated alkanes) is 1. The van der Waals surface area contributed by atoms with E-state index in [-0.39, 0.29) is 0 Å². The zero-order valence-corrected chi connectivity index (χ0v) is 7.17. The normalized spacial score (nSPS) is 13.5. The van der Waals surface area contributed by atoms with Crippen molar-refractivity contribution in [2.75, 3.05) is 0 Å². The topological polar surface area (TPSA) is 40.5 Å². The Hall–Kier alpha value is 0.0499. The number of aliphatic hydroxyl groups is 2. The molecule has 0 heterocycles. The highest BCUT2D eigenvalue weighted by Crippen LogP contribution is 2.34. The van der Waals surface area contributed by atoms with E-state index in [9.17, 15) is 0 Å².